The number of non-ortho nitro benzene ring substituents is 1. The van der Waals surface area contributed by atoms with Crippen LogP contribution in [0, 0.1) is 22.0 Å². The highest BCUT2D eigenvalue weighted by Gasteiger charge is 2.27. The molecule has 0 heterocycles. The quantitative estimate of drug-likeness (QED) is 0.426. The summed E-state index contributed by atoms with van der Waals surface area (Å²) in [5, 5.41) is 10.7. The van der Waals surface area contributed by atoms with Crippen molar-refractivity contribution in [3.05, 3.63) is 70.3 Å². The molecule has 0 atom stereocenters. The number of rotatable bonds is 7. The Labute approximate surface area is 185 Å². The van der Waals surface area contributed by atoms with Crippen LogP contribution in [0.15, 0.2) is 59.5 Å². The fraction of sp³-hybridized carbons (Fsp3) is 0.333. The van der Waals surface area contributed by atoms with Gasteiger partial charge >= 0.3 is 0 Å². The second-order valence-corrected chi connectivity index (χ2v) is 9.40. The number of hydrogen-bond acceptors (Lipinski definition) is 6. The zero-order valence-electron chi connectivity index (χ0n) is 17.2. The third kappa shape index (κ3) is 6.11. The van der Waals surface area contributed by atoms with Gasteiger partial charge in [-0.1, -0.05) is 18.2 Å². The molecule has 2 aromatic carbocycles. The van der Waals surface area contributed by atoms with Crippen LogP contribution < -0.4 is 15.6 Å². The second kappa shape index (κ2) is 10.3. The standard InChI is InChI=1S/C21H24N4O6S/c26-20(16-4-2-1-3-5-16)23-24-21(27)17-8-6-15(7-9-17)14-22-32(30,31)19-12-10-18(11-13-19)25(28)29/h1-5,10-13,15,17,22H,6-9,14H2,(H,23,26)(H,24,27). The Balaban J connectivity index is 1.42. The largest absolute Gasteiger partial charge is 0.273 e. The van der Waals surface area contributed by atoms with E-state index in [1.165, 1.54) is 12.1 Å². The summed E-state index contributed by atoms with van der Waals surface area (Å²) in [7, 11) is -3.78. The van der Waals surface area contributed by atoms with E-state index in [9.17, 15) is 28.1 Å². The lowest BCUT2D eigenvalue weighted by Crippen LogP contribution is -2.45. The molecule has 170 valence electrons. The van der Waals surface area contributed by atoms with Gasteiger partial charge in [0.15, 0.2) is 0 Å². The van der Waals surface area contributed by atoms with Crippen molar-refractivity contribution >= 4 is 27.5 Å². The maximum absolute atomic E-state index is 12.4. The number of nitro benzene ring substituents is 1. The smallest absolute Gasteiger partial charge is 0.269 e. The predicted molar refractivity (Wildman–Crippen MR) is 116 cm³/mol. The summed E-state index contributed by atoms with van der Waals surface area (Å²) in [6, 6.07) is 13.2. The van der Waals surface area contributed by atoms with Crippen LogP contribution in [0.5, 0.6) is 0 Å². The number of carbonyl (C=O) groups is 2. The van der Waals surface area contributed by atoms with Gasteiger partial charge in [-0.05, 0) is 55.9 Å². The van der Waals surface area contributed by atoms with Crippen molar-refractivity contribution in [2.75, 3.05) is 6.54 Å². The van der Waals surface area contributed by atoms with Crippen molar-refractivity contribution in [3.63, 3.8) is 0 Å². The average Bonchev–Trinajstić information content (AvgIpc) is 2.82. The van der Waals surface area contributed by atoms with Crippen molar-refractivity contribution in [2.45, 2.75) is 30.6 Å². The molecule has 0 aliphatic heterocycles. The topological polar surface area (TPSA) is 148 Å². The van der Waals surface area contributed by atoms with Gasteiger partial charge in [-0.25, -0.2) is 13.1 Å². The Morgan fingerprint density at radius 3 is 2.16 bits per heavy atom. The summed E-state index contributed by atoms with van der Waals surface area (Å²) in [4.78, 5) is 34.4. The van der Waals surface area contributed by atoms with Gasteiger partial charge in [0, 0.05) is 30.2 Å². The van der Waals surface area contributed by atoms with Gasteiger partial charge in [0.1, 0.15) is 0 Å². The molecule has 11 heteroatoms. The number of benzene rings is 2. The minimum absolute atomic E-state index is 0.0367. The Bertz CT molecular complexity index is 1070. The van der Waals surface area contributed by atoms with E-state index < -0.39 is 20.9 Å². The monoisotopic (exact) mass is 460 g/mol. The summed E-state index contributed by atoms with van der Waals surface area (Å²) in [5.74, 6) is -0.841. The molecule has 2 aromatic rings. The van der Waals surface area contributed by atoms with Crippen molar-refractivity contribution in [2.24, 2.45) is 11.8 Å². The predicted octanol–water partition coefficient (Wildman–Crippen LogP) is 2.14. The molecule has 1 aliphatic rings. The normalized spacial score (nSPS) is 18.5. The zero-order valence-corrected chi connectivity index (χ0v) is 18.0. The summed E-state index contributed by atoms with van der Waals surface area (Å²) in [6.45, 7) is 0.221. The molecule has 3 N–H and O–H groups in total. The van der Waals surface area contributed by atoms with Crippen LogP contribution in [0.4, 0.5) is 5.69 Å². The molecule has 0 radical (unpaired) electrons. The summed E-state index contributed by atoms with van der Waals surface area (Å²) in [5.41, 5.74) is 5.13. The van der Waals surface area contributed by atoms with Gasteiger partial charge in [-0.15, -0.1) is 0 Å². The van der Waals surface area contributed by atoms with E-state index in [0.717, 1.165) is 12.1 Å². The van der Waals surface area contributed by atoms with Gasteiger partial charge < -0.3 is 0 Å². The highest BCUT2D eigenvalue weighted by molar-refractivity contribution is 7.89. The number of amides is 2. The van der Waals surface area contributed by atoms with Crippen molar-refractivity contribution in [1.29, 1.82) is 0 Å². The van der Waals surface area contributed by atoms with Crippen LogP contribution in [0.3, 0.4) is 0 Å². The molecule has 32 heavy (non-hydrogen) atoms. The fourth-order valence-corrected chi connectivity index (χ4v) is 4.68. The van der Waals surface area contributed by atoms with E-state index in [2.05, 4.69) is 15.6 Å². The SMILES string of the molecule is O=C(NNC(=O)C1CCC(CNS(=O)(=O)c2ccc([N+](=O)[O-])cc2)CC1)c1ccccc1. The van der Waals surface area contributed by atoms with Crippen LogP contribution in [-0.2, 0) is 14.8 Å². The lowest BCUT2D eigenvalue weighted by Gasteiger charge is -2.27. The molecule has 10 nitrogen and oxygen atoms in total. The Kier molecular flexibility index (Phi) is 7.54. The van der Waals surface area contributed by atoms with Crippen molar-refractivity contribution in [3.8, 4) is 0 Å². The first-order chi connectivity index (χ1) is 15.3. The zero-order chi connectivity index (χ0) is 23.1. The van der Waals surface area contributed by atoms with Crippen molar-refractivity contribution in [1.82, 2.24) is 15.6 Å². The molecule has 1 saturated carbocycles. The maximum atomic E-state index is 12.4. The molecule has 0 bridgehead atoms. The van der Waals surface area contributed by atoms with E-state index in [0.29, 0.717) is 31.2 Å². The number of sulfonamides is 1. The Morgan fingerprint density at radius 2 is 1.56 bits per heavy atom. The fourth-order valence-electron chi connectivity index (χ4n) is 3.57. The van der Waals surface area contributed by atoms with E-state index in [1.807, 2.05) is 0 Å². The van der Waals surface area contributed by atoms with Gasteiger partial charge in [-0.3, -0.25) is 30.6 Å². The number of hydrazine groups is 1. The number of hydrogen-bond donors (Lipinski definition) is 3. The molecule has 1 fully saturated rings. The molecule has 0 unspecified atom stereocenters. The average molecular weight is 461 g/mol. The number of nitro groups is 1. The Morgan fingerprint density at radius 1 is 0.938 bits per heavy atom. The second-order valence-electron chi connectivity index (χ2n) is 7.63. The maximum Gasteiger partial charge on any atom is 0.269 e. The van der Waals surface area contributed by atoms with E-state index in [-0.39, 0.29) is 34.9 Å². The number of nitrogens with one attached hydrogen (secondary N) is 3. The van der Waals surface area contributed by atoms with Crippen molar-refractivity contribution < 1.29 is 22.9 Å². The minimum Gasteiger partial charge on any atom is -0.273 e. The third-order valence-electron chi connectivity index (χ3n) is 5.47. The van der Waals surface area contributed by atoms with E-state index in [1.54, 1.807) is 30.3 Å². The lowest BCUT2D eigenvalue weighted by atomic mass is 9.82. The van der Waals surface area contributed by atoms with Crippen LogP contribution in [-0.4, -0.2) is 31.7 Å². The summed E-state index contributed by atoms with van der Waals surface area (Å²) < 4.78 is 27.4. The number of nitrogens with zero attached hydrogens (tertiary/aromatic N) is 1. The third-order valence-corrected chi connectivity index (χ3v) is 6.91. The highest BCUT2D eigenvalue weighted by Crippen LogP contribution is 2.29. The van der Waals surface area contributed by atoms with Crippen LogP contribution >= 0.6 is 0 Å². The van der Waals surface area contributed by atoms with Crippen LogP contribution in [0.2, 0.25) is 0 Å². The van der Waals surface area contributed by atoms with Gasteiger partial charge in [-0.2, -0.15) is 0 Å². The molecule has 1 aliphatic carbocycles. The summed E-state index contributed by atoms with van der Waals surface area (Å²) in [6.07, 6.45) is 2.48. The Hall–Kier alpha value is -3.31. The molecule has 2 amide bonds. The van der Waals surface area contributed by atoms with E-state index in [4.69, 9.17) is 0 Å². The first-order valence-electron chi connectivity index (χ1n) is 10.2. The lowest BCUT2D eigenvalue weighted by molar-refractivity contribution is -0.384. The van der Waals surface area contributed by atoms with Gasteiger partial charge in [0.25, 0.3) is 11.6 Å². The van der Waals surface area contributed by atoms with E-state index >= 15 is 0 Å². The van der Waals surface area contributed by atoms with Gasteiger partial charge in [0.2, 0.25) is 15.9 Å². The van der Waals surface area contributed by atoms with Gasteiger partial charge in [0.05, 0.1) is 9.82 Å². The highest BCUT2D eigenvalue weighted by atomic mass is 32.2. The van der Waals surface area contributed by atoms with Crippen LogP contribution in [0.1, 0.15) is 36.0 Å². The molecule has 0 saturated heterocycles. The molecular formula is C21H24N4O6S. The molecule has 0 spiro atoms. The molecule has 0 aromatic heterocycles. The first kappa shape index (κ1) is 23.4. The molecule has 3 rings (SSSR count). The minimum atomic E-state index is -3.78. The molecular weight excluding hydrogens is 436 g/mol. The number of carbonyl (C=O) groups excluding carboxylic acids is 2. The summed E-state index contributed by atoms with van der Waals surface area (Å²) >= 11 is 0. The first-order valence-corrected chi connectivity index (χ1v) is 11.6. The van der Waals surface area contributed by atoms with Crippen LogP contribution in [0.25, 0.3) is 0 Å².